The number of hydrogen-bond acceptors (Lipinski definition) is 4. The van der Waals surface area contributed by atoms with Gasteiger partial charge in [0.15, 0.2) is 0 Å². The van der Waals surface area contributed by atoms with Gasteiger partial charge in [0.25, 0.3) is 5.91 Å². The van der Waals surface area contributed by atoms with E-state index in [1.807, 2.05) is 0 Å². The summed E-state index contributed by atoms with van der Waals surface area (Å²) in [5.41, 5.74) is 1.16. The molecule has 0 atom stereocenters. The zero-order valence-electron chi connectivity index (χ0n) is 16.9. The lowest BCUT2D eigenvalue weighted by Crippen LogP contribution is -2.51. The minimum atomic E-state index is -0.637. The Morgan fingerprint density at radius 1 is 1.10 bits per heavy atom. The van der Waals surface area contributed by atoms with Crippen LogP contribution in [0.1, 0.15) is 37.7 Å². The molecule has 4 rings (SSSR count). The molecule has 0 bridgehead atoms. The molecule has 30 heavy (non-hydrogen) atoms. The van der Waals surface area contributed by atoms with Crippen molar-refractivity contribution in [2.75, 3.05) is 19.0 Å². The third kappa shape index (κ3) is 4.05. The molecule has 2 aromatic rings. The zero-order chi connectivity index (χ0) is 21.1. The maximum atomic E-state index is 13.3. The van der Waals surface area contributed by atoms with Gasteiger partial charge in [-0.1, -0.05) is 30.2 Å². The molecule has 6 nitrogen and oxygen atoms in total. The maximum absolute atomic E-state index is 13.3. The molecular weight excluding hydrogens is 402 g/mol. The van der Waals surface area contributed by atoms with Gasteiger partial charge in [-0.25, -0.2) is 0 Å². The SMILES string of the molecule is COc1ccc(NC(=O)CN2C(=O)C(c3ccc(Cl)cc3)=NC23CCCCC3)cc1. The van der Waals surface area contributed by atoms with Crippen molar-refractivity contribution in [3.05, 3.63) is 59.1 Å². The summed E-state index contributed by atoms with van der Waals surface area (Å²) < 4.78 is 5.14. The van der Waals surface area contributed by atoms with Crippen molar-refractivity contribution in [1.82, 2.24) is 4.90 Å². The number of aliphatic imine (C=N–C) groups is 1. The first-order valence-electron chi connectivity index (χ1n) is 10.1. The number of amides is 2. The van der Waals surface area contributed by atoms with E-state index in [2.05, 4.69) is 5.32 Å². The molecule has 1 N–H and O–H groups in total. The van der Waals surface area contributed by atoms with Gasteiger partial charge in [0, 0.05) is 16.3 Å². The molecule has 1 heterocycles. The van der Waals surface area contributed by atoms with Crippen LogP contribution in [0.3, 0.4) is 0 Å². The van der Waals surface area contributed by atoms with Crippen LogP contribution in [0, 0.1) is 0 Å². The fourth-order valence-corrected chi connectivity index (χ4v) is 4.29. The van der Waals surface area contributed by atoms with Crippen molar-refractivity contribution >= 4 is 34.8 Å². The quantitative estimate of drug-likeness (QED) is 0.777. The van der Waals surface area contributed by atoms with E-state index in [0.29, 0.717) is 22.2 Å². The first kappa shape index (κ1) is 20.4. The highest BCUT2D eigenvalue weighted by Crippen LogP contribution is 2.39. The van der Waals surface area contributed by atoms with Crippen LogP contribution in [-0.4, -0.2) is 41.7 Å². The fraction of sp³-hybridized carbons (Fsp3) is 0.348. The molecule has 1 aliphatic carbocycles. The van der Waals surface area contributed by atoms with E-state index < -0.39 is 5.66 Å². The summed E-state index contributed by atoms with van der Waals surface area (Å²) in [5, 5.41) is 3.47. The summed E-state index contributed by atoms with van der Waals surface area (Å²) in [5.74, 6) is 0.264. The van der Waals surface area contributed by atoms with Gasteiger partial charge in [-0.3, -0.25) is 14.6 Å². The molecule has 1 fully saturated rings. The summed E-state index contributed by atoms with van der Waals surface area (Å²) in [7, 11) is 1.59. The number of methoxy groups -OCH3 is 1. The minimum Gasteiger partial charge on any atom is -0.497 e. The monoisotopic (exact) mass is 425 g/mol. The van der Waals surface area contributed by atoms with E-state index in [4.69, 9.17) is 21.3 Å². The number of halogens is 1. The van der Waals surface area contributed by atoms with Gasteiger partial charge in [0.1, 0.15) is 23.7 Å². The standard InChI is InChI=1S/C23H24ClN3O3/c1-30-19-11-9-18(10-12-19)25-20(28)15-27-22(29)21(16-5-7-17(24)8-6-16)26-23(27)13-3-2-4-14-23/h5-12H,2-4,13-15H2,1H3,(H,25,28). The molecule has 1 saturated carbocycles. The van der Waals surface area contributed by atoms with Gasteiger partial charge in [-0.05, 0) is 62.1 Å². The third-order valence-electron chi connectivity index (χ3n) is 5.72. The van der Waals surface area contributed by atoms with Gasteiger partial charge in [0.2, 0.25) is 5.91 Å². The van der Waals surface area contributed by atoms with Gasteiger partial charge < -0.3 is 15.0 Å². The highest BCUT2D eigenvalue weighted by Gasteiger charge is 2.48. The Labute approximate surface area is 180 Å². The van der Waals surface area contributed by atoms with Crippen LogP contribution >= 0.6 is 11.6 Å². The van der Waals surface area contributed by atoms with Crippen LogP contribution in [0.25, 0.3) is 0 Å². The van der Waals surface area contributed by atoms with Gasteiger partial charge >= 0.3 is 0 Å². The van der Waals surface area contributed by atoms with Crippen molar-refractivity contribution in [1.29, 1.82) is 0 Å². The number of benzene rings is 2. The third-order valence-corrected chi connectivity index (χ3v) is 5.97. The number of nitrogens with zero attached hydrogens (tertiary/aromatic N) is 2. The second-order valence-electron chi connectivity index (χ2n) is 7.68. The lowest BCUT2D eigenvalue weighted by Gasteiger charge is -2.38. The second kappa shape index (κ2) is 8.48. The van der Waals surface area contributed by atoms with Crippen LogP contribution in [-0.2, 0) is 9.59 Å². The van der Waals surface area contributed by atoms with Crippen molar-refractivity contribution < 1.29 is 14.3 Å². The zero-order valence-corrected chi connectivity index (χ0v) is 17.6. The van der Waals surface area contributed by atoms with E-state index in [-0.39, 0.29) is 18.4 Å². The normalized spacial score (nSPS) is 17.7. The summed E-state index contributed by atoms with van der Waals surface area (Å²) in [4.78, 5) is 32.6. The number of ether oxygens (including phenoxy) is 1. The number of rotatable bonds is 5. The summed E-state index contributed by atoms with van der Waals surface area (Å²) in [6.45, 7) is -0.0363. The first-order chi connectivity index (χ1) is 14.5. The summed E-state index contributed by atoms with van der Waals surface area (Å²) in [6.07, 6.45) is 4.63. The Hall–Kier alpha value is -2.86. The van der Waals surface area contributed by atoms with Gasteiger partial charge in [-0.2, -0.15) is 0 Å². The lowest BCUT2D eigenvalue weighted by molar-refractivity contribution is -0.134. The van der Waals surface area contributed by atoms with E-state index in [1.54, 1.807) is 60.5 Å². The van der Waals surface area contributed by atoms with Crippen molar-refractivity contribution in [3.8, 4) is 5.75 Å². The van der Waals surface area contributed by atoms with Crippen molar-refractivity contribution in [2.24, 2.45) is 4.99 Å². The van der Waals surface area contributed by atoms with Crippen molar-refractivity contribution in [2.45, 2.75) is 37.8 Å². The summed E-state index contributed by atoms with van der Waals surface area (Å²) in [6, 6.07) is 14.2. The lowest BCUT2D eigenvalue weighted by atomic mass is 9.88. The minimum absolute atomic E-state index is 0.0363. The Kier molecular flexibility index (Phi) is 5.77. The van der Waals surface area contributed by atoms with E-state index in [1.165, 1.54) is 0 Å². The Bertz CT molecular complexity index is 964. The molecule has 0 aromatic heterocycles. The van der Waals surface area contributed by atoms with Crippen LogP contribution in [0.2, 0.25) is 5.02 Å². The van der Waals surface area contributed by atoms with Crippen LogP contribution < -0.4 is 10.1 Å². The average molecular weight is 426 g/mol. The van der Waals surface area contributed by atoms with E-state index in [9.17, 15) is 9.59 Å². The van der Waals surface area contributed by atoms with E-state index in [0.717, 1.165) is 37.7 Å². The predicted octanol–water partition coefficient (Wildman–Crippen LogP) is 4.28. The van der Waals surface area contributed by atoms with Crippen LogP contribution in [0.15, 0.2) is 53.5 Å². The number of hydrogen-bond donors (Lipinski definition) is 1. The molecule has 0 saturated heterocycles. The average Bonchev–Trinajstić information content (AvgIpc) is 3.01. The first-order valence-corrected chi connectivity index (χ1v) is 10.5. The Morgan fingerprint density at radius 2 is 1.77 bits per heavy atom. The highest BCUT2D eigenvalue weighted by molar-refractivity contribution is 6.47. The molecule has 2 aromatic carbocycles. The predicted molar refractivity (Wildman–Crippen MR) is 117 cm³/mol. The number of carbonyl (C=O) groups excluding carboxylic acids is 2. The number of carbonyl (C=O) groups is 2. The van der Waals surface area contributed by atoms with E-state index >= 15 is 0 Å². The molecule has 2 amide bonds. The van der Waals surface area contributed by atoms with Gasteiger partial charge in [0.05, 0.1) is 7.11 Å². The number of anilines is 1. The second-order valence-corrected chi connectivity index (χ2v) is 8.11. The molecule has 0 radical (unpaired) electrons. The van der Waals surface area contributed by atoms with Crippen LogP contribution in [0.4, 0.5) is 5.69 Å². The van der Waals surface area contributed by atoms with Crippen molar-refractivity contribution in [3.63, 3.8) is 0 Å². The smallest absolute Gasteiger partial charge is 0.275 e. The largest absolute Gasteiger partial charge is 0.497 e. The van der Waals surface area contributed by atoms with Gasteiger partial charge in [-0.15, -0.1) is 0 Å². The molecule has 156 valence electrons. The maximum Gasteiger partial charge on any atom is 0.275 e. The fourth-order valence-electron chi connectivity index (χ4n) is 4.17. The van der Waals surface area contributed by atoms with Crippen LogP contribution in [0.5, 0.6) is 5.75 Å². The Balaban J connectivity index is 1.55. The molecule has 7 heteroatoms. The molecule has 1 aliphatic heterocycles. The molecular formula is C23H24ClN3O3. The summed E-state index contributed by atoms with van der Waals surface area (Å²) >= 11 is 5.99. The number of nitrogens with one attached hydrogen (secondary N) is 1. The molecule has 1 spiro atoms. The molecule has 2 aliphatic rings. The molecule has 0 unspecified atom stereocenters. The topological polar surface area (TPSA) is 71.0 Å². The Morgan fingerprint density at radius 3 is 2.40 bits per heavy atom. The highest BCUT2D eigenvalue weighted by atomic mass is 35.5.